The van der Waals surface area contributed by atoms with Gasteiger partial charge in [0.2, 0.25) is 0 Å². The average Bonchev–Trinajstić information content (AvgIpc) is 2.97. The highest BCUT2D eigenvalue weighted by atomic mass is 35.5. The Labute approximate surface area is 137 Å². The van der Waals surface area contributed by atoms with Gasteiger partial charge in [0.25, 0.3) is 5.91 Å². The van der Waals surface area contributed by atoms with Crippen molar-refractivity contribution >= 4 is 29.3 Å². The Balaban J connectivity index is 1.73. The van der Waals surface area contributed by atoms with Crippen molar-refractivity contribution in [2.24, 2.45) is 0 Å². The number of ether oxygens (including phenoxy) is 1. The third-order valence-electron chi connectivity index (χ3n) is 4.07. The van der Waals surface area contributed by atoms with Crippen LogP contribution in [0.25, 0.3) is 0 Å². The summed E-state index contributed by atoms with van der Waals surface area (Å²) in [7, 11) is 0. The monoisotopic (exact) mass is 345 g/mol. The molecule has 2 aliphatic rings. The van der Waals surface area contributed by atoms with Crippen molar-refractivity contribution in [2.45, 2.75) is 18.1 Å². The predicted molar refractivity (Wildman–Crippen MR) is 83.6 cm³/mol. The second-order valence-corrected chi connectivity index (χ2v) is 7.13. The number of thioether (sulfide) groups is 1. The van der Waals surface area contributed by atoms with Crippen molar-refractivity contribution in [1.82, 2.24) is 4.90 Å². The molecule has 22 heavy (non-hydrogen) atoms. The van der Waals surface area contributed by atoms with Crippen LogP contribution in [0.2, 0.25) is 5.02 Å². The largest absolute Gasteiger partial charge is 0.379 e. The summed E-state index contributed by atoms with van der Waals surface area (Å²) in [5.74, 6) is 0.519. The maximum atomic E-state index is 13.3. The van der Waals surface area contributed by atoms with Crippen LogP contribution in [0.4, 0.5) is 4.39 Å². The molecule has 3 rings (SSSR count). The van der Waals surface area contributed by atoms with Crippen LogP contribution >= 0.6 is 23.4 Å². The van der Waals surface area contributed by atoms with Crippen LogP contribution in [0.3, 0.4) is 0 Å². The molecule has 1 aromatic carbocycles. The molecule has 0 aromatic heterocycles. The molecule has 0 unspecified atom stereocenters. The molecule has 0 radical (unpaired) electrons. The van der Waals surface area contributed by atoms with Gasteiger partial charge in [-0.25, -0.2) is 4.39 Å². The van der Waals surface area contributed by atoms with E-state index in [0.29, 0.717) is 31.9 Å². The molecule has 7 heteroatoms. The minimum atomic E-state index is -1.26. The molecule has 0 bridgehead atoms. The summed E-state index contributed by atoms with van der Waals surface area (Å²) >= 11 is 7.39. The van der Waals surface area contributed by atoms with Crippen LogP contribution in [0.1, 0.15) is 18.1 Å². The summed E-state index contributed by atoms with van der Waals surface area (Å²) in [6.07, 6.45) is 0.134. The van der Waals surface area contributed by atoms with Crippen LogP contribution < -0.4 is 0 Å². The highest BCUT2D eigenvalue weighted by Gasteiger charge is 2.43. The smallest absolute Gasteiger partial charge is 0.255 e. The van der Waals surface area contributed by atoms with Crippen molar-refractivity contribution in [3.05, 3.63) is 34.6 Å². The molecule has 2 aliphatic heterocycles. The molecular formula is C15H17ClFNO3S. The Hall–Kier alpha value is -0.820. The first kappa shape index (κ1) is 16.1. The Morgan fingerprint density at radius 3 is 3.05 bits per heavy atom. The summed E-state index contributed by atoms with van der Waals surface area (Å²) in [6.45, 7) is 1.18. The number of hydrogen-bond acceptors (Lipinski definition) is 4. The van der Waals surface area contributed by atoms with Crippen LogP contribution in [0, 0.1) is 5.82 Å². The topological polar surface area (TPSA) is 49.8 Å². The molecule has 0 spiro atoms. The van der Waals surface area contributed by atoms with Crippen molar-refractivity contribution < 1.29 is 19.0 Å². The van der Waals surface area contributed by atoms with E-state index in [0.717, 1.165) is 11.3 Å². The average molecular weight is 346 g/mol. The molecule has 0 saturated carbocycles. The molecule has 0 aliphatic carbocycles. The van der Waals surface area contributed by atoms with Crippen molar-refractivity contribution in [3.63, 3.8) is 0 Å². The molecule has 1 amide bonds. The number of hydrogen-bond donors (Lipinski definition) is 1. The zero-order valence-electron chi connectivity index (χ0n) is 11.9. The van der Waals surface area contributed by atoms with Gasteiger partial charge in [0.1, 0.15) is 11.9 Å². The van der Waals surface area contributed by atoms with Gasteiger partial charge in [-0.3, -0.25) is 4.79 Å². The molecule has 2 saturated heterocycles. The third kappa shape index (κ3) is 3.11. The summed E-state index contributed by atoms with van der Waals surface area (Å²) in [4.78, 5) is 14.2. The van der Waals surface area contributed by atoms with Crippen molar-refractivity contribution in [2.75, 3.05) is 31.2 Å². The lowest BCUT2D eigenvalue weighted by molar-refractivity contribution is -0.156. The Morgan fingerprint density at radius 2 is 2.36 bits per heavy atom. The van der Waals surface area contributed by atoms with E-state index >= 15 is 0 Å². The zero-order valence-corrected chi connectivity index (χ0v) is 13.5. The summed E-state index contributed by atoms with van der Waals surface area (Å²) in [5.41, 5.74) is -0.524. The molecule has 1 N–H and O–H groups in total. The second kappa shape index (κ2) is 6.35. The quantitative estimate of drug-likeness (QED) is 0.893. The SMILES string of the molecule is O=C(N1CCO[C@@H](c2ccc(F)c(Cl)c2)C1)[C@@]1(O)CCSC1. The fourth-order valence-electron chi connectivity index (χ4n) is 2.77. The van der Waals surface area contributed by atoms with Crippen LogP contribution in [-0.2, 0) is 9.53 Å². The van der Waals surface area contributed by atoms with Gasteiger partial charge < -0.3 is 14.7 Å². The summed E-state index contributed by atoms with van der Waals surface area (Å²) in [6, 6.07) is 4.43. The molecule has 120 valence electrons. The number of benzene rings is 1. The minimum absolute atomic E-state index is 0.0374. The van der Waals surface area contributed by atoms with Gasteiger partial charge in [0, 0.05) is 12.3 Å². The Bertz CT molecular complexity index is 580. The number of morpholine rings is 1. The third-order valence-corrected chi connectivity index (χ3v) is 5.53. The molecule has 2 heterocycles. The lowest BCUT2D eigenvalue weighted by Crippen LogP contribution is -2.53. The number of halogens is 2. The van der Waals surface area contributed by atoms with Crippen molar-refractivity contribution in [3.8, 4) is 0 Å². The van der Waals surface area contributed by atoms with Gasteiger partial charge in [0.05, 0.1) is 18.2 Å². The molecular weight excluding hydrogens is 329 g/mol. The number of carbonyl (C=O) groups is 1. The number of carbonyl (C=O) groups excluding carboxylic acids is 1. The minimum Gasteiger partial charge on any atom is -0.379 e. The van der Waals surface area contributed by atoms with Gasteiger partial charge in [-0.2, -0.15) is 11.8 Å². The van der Waals surface area contributed by atoms with E-state index < -0.39 is 11.4 Å². The van der Waals surface area contributed by atoms with Gasteiger partial charge in [-0.15, -0.1) is 0 Å². The predicted octanol–water partition coefficient (Wildman–Crippen LogP) is 2.25. The lowest BCUT2D eigenvalue weighted by atomic mass is 10.0. The van der Waals surface area contributed by atoms with E-state index in [-0.39, 0.29) is 17.0 Å². The van der Waals surface area contributed by atoms with Gasteiger partial charge >= 0.3 is 0 Å². The Morgan fingerprint density at radius 1 is 1.55 bits per heavy atom. The first-order chi connectivity index (χ1) is 10.5. The number of amides is 1. The fourth-order valence-corrected chi connectivity index (χ4v) is 4.19. The number of aliphatic hydroxyl groups is 1. The number of nitrogens with zero attached hydrogens (tertiary/aromatic N) is 1. The molecule has 4 nitrogen and oxygen atoms in total. The highest BCUT2D eigenvalue weighted by Crippen LogP contribution is 2.32. The first-order valence-electron chi connectivity index (χ1n) is 7.16. The van der Waals surface area contributed by atoms with Gasteiger partial charge in [0.15, 0.2) is 5.60 Å². The molecule has 1 aromatic rings. The van der Waals surface area contributed by atoms with E-state index in [1.165, 1.54) is 12.1 Å². The highest BCUT2D eigenvalue weighted by molar-refractivity contribution is 7.99. The van der Waals surface area contributed by atoms with E-state index in [1.54, 1.807) is 22.7 Å². The summed E-state index contributed by atoms with van der Waals surface area (Å²) < 4.78 is 18.9. The van der Waals surface area contributed by atoms with Crippen LogP contribution in [0.5, 0.6) is 0 Å². The maximum Gasteiger partial charge on any atom is 0.255 e. The van der Waals surface area contributed by atoms with Crippen LogP contribution in [0.15, 0.2) is 18.2 Å². The molecule has 2 fully saturated rings. The van der Waals surface area contributed by atoms with Gasteiger partial charge in [-0.1, -0.05) is 17.7 Å². The standard InChI is InChI=1S/C15H17ClFNO3S/c16-11-7-10(1-2-12(11)17)13-8-18(4-5-21-13)14(19)15(20)3-6-22-9-15/h1-2,7,13,20H,3-6,8-9H2/t13-,15-/m1/s1. The summed E-state index contributed by atoms with van der Waals surface area (Å²) in [5, 5.41) is 10.5. The van der Waals surface area contributed by atoms with Crippen LogP contribution in [-0.4, -0.2) is 52.7 Å². The van der Waals surface area contributed by atoms with E-state index in [2.05, 4.69) is 0 Å². The van der Waals surface area contributed by atoms with Crippen molar-refractivity contribution in [1.29, 1.82) is 0 Å². The second-order valence-electron chi connectivity index (χ2n) is 5.62. The number of rotatable bonds is 2. The normalized spacial score (nSPS) is 28.9. The first-order valence-corrected chi connectivity index (χ1v) is 8.69. The lowest BCUT2D eigenvalue weighted by Gasteiger charge is -2.36. The van der Waals surface area contributed by atoms with E-state index in [4.69, 9.17) is 16.3 Å². The fraction of sp³-hybridized carbons (Fsp3) is 0.533. The van der Waals surface area contributed by atoms with E-state index in [1.807, 2.05) is 0 Å². The zero-order chi connectivity index (χ0) is 15.7. The van der Waals surface area contributed by atoms with E-state index in [9.17, 15) is 14.3 Å². The van der Waals surface area contributed by atoms with Gasteiger partial charge in [-0.05, 0) is 29.9 Å². The Kier molecular flexibility index (Phi) is 4.64. The maximum absolute atomic E-state index is 13.3. The molecule has 2 atom stereocenters.